The molecule has 0 bridgehead atoms. The summed E-state index contributed by atoms with van der Waals surface area (Å²) in [6, 6.07) is 0. The van der Waals surface area contributed by atoms with Crippen LogP contribution in [0, 0.1) is 23.7 Å². The molecule has 0 aromatic heterocycles. The second kappa shape index (κ2) is 4.33. The Morgan fingerprint density at radius 3 is 2.53 bits per heavy atom. The van der Waals surface area contributed by atoms with Crippen molar-refractivity contribution >= 4 is 5.78 Å². The SMILES string of the molecule is CC1=C2CCC3C(CCC4=CC(=O)CC[C@@H]43)C2CC1. The smallest absolute Gasteiger partial charge is 0.155 e. The van der Waals surface area contributed by atoms with E-state index >= 15 is 0 Å². The third-order valence-corrected chi connectivity index (χ3v) is 6.45. The average molecular weight is 256 g/mol. The Morgan fingerprint density at radius 1 is 0.895 bits per heavy atom. The minimum atomic E-state index is 0.387. The van der Waals surface area contributed by atoms with Crippen LogP contribution in [0.2, 0.25) is 0 Å². The molecule has 0 heterocycles. The van der Waals surface area contributed by atoms with Crippen LogP contribution >= 0.6 is 0 Å². The molecule has 0 amide bonds. The molecule has 0 aromatic carbocycles. The van der Waals surface area contributed by atoms with Crippen LogP contribution in [0.25, 0.3) is 0 Å². The zero-order valence-electron chi connectivity index (χ0n) is 12.0. The van der Waals surface area contributed by atoms with Crippen LogP contribution in [-0.2, 0) is 4.79 Å². The Bertz CT molecular complexity index is 482. The zero-order chi connectivity index (χ0) is 13.0. The van der Waals surface area contributed by atoms with Crippen LogP contribution in [0.15, 0.2) is 22.8 Å². The average Bonchev–Trinajstić information content (AvgIpc) is 2.80. The highest BCUT2D eigenvalue weighted by Gasteiger charge is 2.45. The van der Waals surface area contributed by atoms with E-state index in [2.05, 4.69) is 6.92 Å². The monoisotopic (exact) mass is 256 g/mol. The standard InChI is InChI=1S/C18H24O/c1-11-2-5-16-14(11)8-9-17-15-7-4-13(19)10-12(15)3-6-18(16)17/h10,15-18H,2-9H2,1H3/t15-,16?,17?,18?/m0/s1. The van der Waals surface area contributed by atoms with E-state index in [1.807, 2.05) is 11.6 Å². The van der Waals surface area contributed by atoms with Gasteiger partial charge in [-0.2, -0.15) is 0 Å². The fourth-order valence-electron chi connectivity index (χ4n) is 5.59. The van der Waals surface area contributed by atoms with E-state index in [4.69, 9.17) is 0 Å². The summed E-state index contributed by atoms with van der Waals surface area (Å²) in [4.78, 5) is 11.6. The van der Waals surface area contributed by atoms with Crippen molar-refractivity contribution in [1.29, 1.82) is 0 Å². The number of rotatable bonds is 0. The van der Waals surface area contributed by atoms with Crippen LogP contribution in [0.1, 0.15) is 58.3 Å². The maximum Gasteiger partial charge on any atom is 0.155 e. The van der Waals surface area contributed by atoms with Crippen LogP contribution in [0.4, 0.5) is 0 Å². The molecule has 19 heavy (non-hydrogen) atoms. The molecular formula is C18H24O. The molecule has 0 radical (unpaired) electrons. The van der Waals surface area contributed by atoms with Gasteiger partial charge in [0.2, 0.25) is 0 Å². The van der Waals surface area contributed by atoms with E-state index in [0.717, 1.165) is 36.5 Å². The van der Waals surface area contributed by atoms with Crippen molar-refractivity contribution in [2.45, 2.75) is 58.3 Å². The molecule has 0 aliphatic heterocycles. The topological polar surface area (TPSA) is 17.1 Å². The Kier molecular flexibility index (Phi) is 2.72. The first kappa shape index (κ1) is 11.9. The molecule has 0 saturated heterocycles. The zero-order valence-corrected chi connectivity index (χ0v) is 12.0. The maximum atomic E-state index is 11.6. The van der Waals surface area contributed by atoms with Gasteiger partial charge in [0, 0.05) is 6.42 Å². The lowest BCUT2D eigenvalue weighted by Crippen LogP contribution is -2.39. The minimum absolute atomic E-state index is 0.387. The lowest BCUT2D eigenvalue weighted by molar-refractivity contribution is -0.115. The number of hydrogen-bond acceptors (Lipinski definition) is 1. The highest BCUT2D eigenvalue weighted by Crippen LogP contribution is 2.56. The summed E-state index contributed by atoms with van der Waals surface area (Å²) in [5.74, 6) is 3.90. The van der Waals surface area contributed by atoms with Gasteiger partial charge in [0.05, 0.1) is 0 Å². The first-order valence-corrected chi connectivity index (χ1v) is 8.16. The summed E-state index contributed by atoms with van der Waals surface area (Å²) in [6.45, 7) is 2.36. The van der Waals surface area contributed by atoms with Gasteiger partial charge >= 0.3 is 0 Å². The molecule has 0 aromatic rings. The van der Waals surface area contributed by atoms with Gasteiger partial charge in [0.15, 0.2) is 5.78 Å². The third kappa shape index (κ3) is 1.77. The lowest BCUT2D eigenvalue weighted by atomic mass is 9.57. The minimum Gasteiger partial charge on any atom is -0.295 e. The molecule has 4 aliphatic carbocycles. The van der Waals surface area contributed by atoms with Gasteiger partial charge in [-0.15, -0.1) is 0 Å². The molecule has 0 spiro atoms. The lowest BCUT2D eigenvalue weighted by Gasteiger charge is -2.48. The van der Waals surface area contributed by atoms with E-state index in [0.29, 0.717) is 5.78 Å². The second-order valence-electron chi connectivity index (χ2n) is 7.19. The molecule has 102 valence electrons. The van der Waals surface area contributed by atoms with E-state index < -0.39 is 0 Å². The van der Waals surface area contributed by atoms with Crippen molar-refractivity contribution in [3.63, 3.8) is 0 Å². The molecule has 4 aliphatic rings. The molecule has 1 heteroatoms. The number of carbonyl (C=O) groups is 1. The molecule has 2 saturated carbocycles. The summed E-state index contributed by atoms with van der Waals surface area (Å²) in [7, 11) is 0. The summed E-state index contributed by atoms with van der Waals surface area (Å²) in [5.41, 5.74) is 5.06. The van der Waals surface area contributed by atoms with Gasteiger partial charge in [-0.05, 0) is 81.6 Å². The Balaban J connectivity index is 1.64. The highest BCUT2D eigenvalue weighted by atomic mass is 16.1. The molecule has 2 fully saturated rings. The molecule has 4 rings (SSSR count). The van der Waals surface area contributed by atoms with Crippen molar-refractivity contribution < 1.29 is 4.79 Å². The first-order valence-electron chi connectivity index (χ1n) is 8.16. The van der Waals surface area contributed by atoms with E-state index in [1.165, 1.54) is 44.1 Å². The Morgan fingerprint density at radius 2 is 1.63 bits per heavy atom. The van der Waals surface area contributed by atoms with Crippen LogP contribution < -0.4 is 0 Å². The number of hydrogen-bond donors (Lipinski definition) is 0. The number of carbonyl (C=O) groups excluding carboxylic acids is 1. The van der Waals surface area contributed by atoms with Gasteiger partial charge in [-0.3, -0.25) is 4.79 Å². The van der Waals surface area contributed by atoms with E-state index in [1.54, 1.807) is 5.57 Å². The van der Waals surface area contributed by atoms with Crippen molar-refractivity contribution in [2.75, 3.05) is 0 Å². The first-order chi connectivity index (χ1) is 9.24. The maximum absolute atomic E-state index is 11.6. The van der Waals surface area contributed by atoms with E-state index in [9.17, 15) is 4.79 Å². The third-order valence-electron chi connectivity index (χ3n) is 6.45. The van der Waals surface area contributed by atoms with Crippen LogP contribution in [0.3, 0.4) is 0 Å². The quantitative estimate of drug-likeness (QED) is 0.586. The molecule has 0 N–H and O–H groups in total. The largest absolute Gasteiger partial charge is 0.295 e. The number of ketones is 1. The molecule has 3 unspecified atom stereocenters. The Labute approximate surface area is 116 Å². The number of fused-ring (bicyclic) bond motifs is 5. The summed E-state index contributed by atoms with van der Waals surface area (Å²) >= 11 is 0. The Hall–Kier alpha value is -0.850. The van der Waals surface area contributed by atoms with Gasteiger partial charge in [0.1, 0.15) is 0 Å². The van der Waals surface area contributed by atoms with Crippen molar-refractivity contribution in [2.24, 2.45) is 23.7 Å². The highest BCUT2D eigenvalue weighted by molar-refractivity contribution is 5.91. The van der Waals surface area contributed by atoms with Crippen molar-refractivity contribution in [3.05, 3.63) is 22.8 Å². The van der Waals surface area contributed by atoms with Gasteiger partial charge < -0.3 is 0 Å². The van der Waals surface area contributed by atoms with Gasteiger partial charge in [0.25, 0.3) is 0 Å². The fraction of sp³-hybridized carbons (Fsp3) is 0.722. The summed E-state index contributed by atoms with van der Waals surface area (Å²) < 4.78 is 0. The predicted molar refractivity (Wildman–Crippen MR) is 76.7 cm³/mol. The predicted octanol–water partition coefficient (Wildman–Crippen LogP) is 4.44. The van der Waals surface area contributed by atoms with Crippen molar-refractivity contribution in [3.8, 4) is 0 Å². The van der Waals surface area contributed by atoms with E-state index in [-0.39, 0.29) is 0 Å². The van der Waals surface area contributed by atoms with Crippen LogP contribution in [-0.4, -0.2) is 5.78 Å². The second-order valence-corrected chi connectivity index (χ2v) is 7.19. The van der Waals surface area contributed by atoms with Gasteiger partial charge in [-0.1, -0.05) is 16.7 Å². The summed E-state index contributed by atoms with van der Waals surface area (Å²) in [5, 5.41) is 0. The summed E-state index contributed by atoms with van der Waals surface area (Å²) in [6.07, 6.45) is 12.1. The van der Waals surface area contributed by atoms with Crippen molar-refractivity contribution in [1.82, 2.24) is 0 Å². The molecule has 4 atom stereocenters. The van der Waals surface area contributed by atoms with Gasteiger partial charge in [-0.25, -0.2) is 0 Å². The normalized spacial score (nSPS) is 41.5. The molecule has 1 nitrogen and oxygen atoms in total. The number of allylic oxidation sites excluding steroid dienone is 4. The fourth-order valence-corrected chi connectivity index (χ4v) is 5.59. The molecular weight excluding hydrogens is 232 g/mol. The van der Waals surface area contributed by atoms with Crippen LogP contribution in [0.5, 0.6) is 0 Å².